The zero-order valence-electron chi connectivity index (χ0n) is 16.1. The van der Waals surface area contributed by atoms with Crippen LogP contribution < -0.4 is 4.90 Å². The van der Waals surface area contributed by atoms with E-state index >= 15 is 0 Å². The molecular formula is C18H19Cl2F2N7. The van der Waals surface area contributed by atoms with E-state index < -0.39 is 12.5 Å². The smallest absolute Gasteiger partial charge is 0.266 e. The summed E-state index contributed by atoms with van der Waals surface area (Å²) in [6.45, 7) is 5.87. The van der Waals surface area contributed by atoms with Gasteiger partial charge in [-0.25, -0.2) is 23.7 Å². The van der Waals surface area contributed by atoms with Gasteiger partial charge in [0, 0.05) is 30.1 Å². The van der Waals surface area contributed by atoms with Crippen LogP contribution in [0.4, 0.5) is 14.6 Å². The van der Waals surface area contributed by atoms with Crippen LogP contribution in [0.1, 0.15) is 38.6 Å². The van der Waals surface area contributed by atoms with E-state index in [-0.39, 0.29) is 30.1 Å². The molecule has 0 aromatic carbocycles. The number of hydrogen-bond acceptors (Lipinski definition) is 6. The highest BCUT2D eigenvalue weighted by atomic mass is 35.5. The summed E-state index contributed by atoms with van der Waals surface area (Å²) in [5.74, 6) is -1.86. The molecular weight excluding hydrogens is 423 g/mol. The Morgan fingerprint density at radius 2 is 1.93 bits per heavy atom. The van der Waals surface area contributed by atoms with Gasteiger partial charge in [0.25, 0.3) is 5.92 Å². The Hall–Kier alpha value is -2.13. The Kier molecular flexibility index (Phi) is 4.85. The molecule has 11 heteroatoms. The maximum absolute atomic E-state index is 13.8. The first-order chi connectivity index (χ1) is 13.5. The van der Waals surface area contributed by atoms with Crippen LogP contribution in [0.15, 0.2) is 12.3 Å². The zero-order chi connectivity index (χ0) is 21.0. The number of alkyl halides is 2. The van der Waals surface area contributed by atoms with Crippen molar-refractivity contribution in [3.63, 3.8) is 0 Å². The van der Waals surface area contributed by atoms with Crippen molar-refractivity contribution in [2.75, 3.05) is 18.0 Å². The molecule has 0 N–H and O–H groups in total. The minimum absolute atomic E-state index is 0.194. The van der Waals surface area contributed by atoms with Crippen molar-refractivity contribution in [2.24, 2.45) is 0 Å². The first kappa shape index (κ1) is 20.2. The van der Waals surface area contributed by atoms with E-state index in [1.807, 2.05) is 20.8 Å². The Bertz CT molecular complexity index is 1080. The van der Waals surface area contributed by atoms with Gasteiger partial charge in [-0.15, -0.1) is 10.2 Å². The second-order valence-corrected chi connectivity index (χ2v) is 8.95. The van der Waals surface area contributed by atoms with Gasteiger partial charge in [0.15, 0.2) is 11.3 Å². The molecule has 0 spiro atoms. The van der Waals surface area contributed by atoms with Crippen molar-refractivity contribution in [2.45, 2.75) is 45.1 Å². The predicted octanol–water partition coefficient (Wildman–Crippen LogP) is 4.11. The maximum Gasteiger partial charge on any atom is 0.266 e. The highest BCUT2D eigenvalue weighted by molar-refractivity contribution is 6.32. The van der Waals surface area contributed by atoms with Crippen molar-refractivity contribution in [3.8, 4) is 0 Å². The summed E-state index contributed by atoms with van der Waals surface area (Å²) in [4.78, 5) is 16.1. The van der Waals surface area contributed by atoms with E-state index in [1.165, 1.54) is 11.0 Å². The summed E-state index contributed by atoms with van der Waals surface area (Å²) >= 11 is 12.1. The van der Waals surface area contributed by atoms with Gasteiger partial charge in [-0.2, -0.15) is 4.80 Å². The van der Waals surface area contributed by atoms with Crippen LogP contribution in [0.25, 0.3) is 11.2 Å². The highest BCUT2D eigenvalue weighted by Crippen LogP contribution is 2.34. The number of nitrogens with zero attached hydrogens (tertiary/aromatic N) is 7. The predicted molar refractivity (Wildman–Crippen MR) is 107 cm³/mol. The lowest BCUT2D eigenvalue weighted by Gasteiger charge is -2.21. The lowest BCUT2D eigenvalue weighted by atomic mass is 9.96. The molecule has 1 fully saturated rings. The fourth-order valence-electron chi connectivity index (χ4n) is 3.11. The molecule has 0 unspecified atom stereocenters. The van der Waals surface area contributed by atoms with Gasteiger partial charge in [0.2, 0.25) is 5.65 Å². The van der Waals surface area contributed by atoms with Gasteiger partial charge in [-0.05, 0) is 6.07 Å². The van der Waals surface area contributed by atoms with Gasteiger partial charge >= 0.3 is 0 Å². The highest BCUT2D eigenvalue weighted by Gasteiger charge is 2.40. The third-order valence-corrected chi connectivity index (χ3v) is 5.15. The first-order valence-corrected chi connectivity index (χ1v) is 9.83. The molecule has 1 aliphatic rings. The Labute approximate surface area is 176 Å². The van der Waals surface area contributed by atoms with Crippen LogP contribution in [-0.4, -0.2) is 49.0 Å². The van der Waals surface area contributed by atoms with Gasteiger partial charge in [0.05, 0.1) is 18.1 Å². The average molecular weight is 442 g/mol. The molecule has 3 aromatic rings. The zero-order valence-corrected chi connectivity index (χ0v) is 17.6. The molecule has 7 nitrogen and oxygen atoms in total. The number of pyridine rings is 1. The molecule has 0 saturated carbocycles. The van der Waals surface area contributed by atoms with Crippen LogP contribution in [0.3, 0.4) is 0 Å². The fourth-order valence-corrected chi connectivity index (χ4v) is 3.45. The SMILES string of the molecule is CC(C)(C)c1nc(N2CCC(F)(F)C2)c2nn(Cc3cc(Cl)cnc3Cl)nc2n1. The van der Waals surface area contributed by atoms with Crippen LogP contribution in [0.2, 0.25) is 10.2 Å². The molecule has 0 bridgehead atoms. The van der Waals surface area contributed by atoms with E-state index in [0.717, 1.165) is 0 Å². The molecule has 0 radical (unpaired) electrons. The number of rotatable bonds is 3. The summed E-state index contributed by atoms with van der Waals surface area (Å²) in [5.41, 5.74) is 0.982. The van der Waals surface area contributed by atoms with Crippen molar-refractivity contribution in [1.82, 2.24) is 29.9 Å². The molecule has 154 valence electrons. The van der Waals surface area contributed by atoms with Gasteiger partial charge in [0.1, 0.15) is 11.0 Å². The van der Waals surface area contributed by atoms with E-state index in [9.17, 15) is 8.78 Å². The lowest BCUT2D eigenvalue weighted by Crippen LogP contribution is -2.27. The molecule has 4 heterocycles. The summed E-state index contributed by atoms with van der Waals surface area (Å²) in [5, 5.41) is 9.62. The van der Waals surface area contributed by atoms with E-state index in [1.54, 1.807) is 11.0 Å². The lowest BCUT2D eigenvalue weighted by molar-refractivity contribution is 0.0257. The second-order valence-electron chi connectivity index (χ2n) is 8.15. The van der Waals surface area contributed by atoms with Crippen LogP contribution in [0, 0.1) is 0 Å². The van der Waals surface area contributed by atoms with Crippen molar-refractivity contribution in [1.29, 1.82) is 0 Å². The topological polar surface area (TPSA) is 72.6 Å². The maximum atomic E-state index is 13.8. The molecule has 1 aliphatic heterocycles. The minimum Gasteiger partial charge on any atom is -0.348 e. The Morgan fingerprint density at radius 3 is 2.59 bits per heavy atom. The average Bonchev–Trinajstić information content (AvgIpc) is 3.18. The Morgan fingerprint density at radius 1 is 1.17 bits per heavy atom. The van der Waals surface area contributed by atoms with Gasteiger partial charge in [-0.1, -0.05) is 44.0 Å². The van der Waals surface area contributed by atoms with E-state index in [4.69, 9.17) is 23.2 Å². The molecule has 0 atom stereocenters. The molecule has 3 aromatic heterocycles. The quantitative estimate of drug-likeness (QED) is 0.569. The van der Waals surface area contributed by atoms with E-state index in [0.29, 0.717) is 33.4 Å². The number of anilines is 1. The molecule has 4 rings (SSSR count). The number of hydrogen-bond donors (Lipinski definition) is 0. The standard InChI is InChI=1S/C18H19Cl2F2N7/c1-17(2,3)16-24-14-12(15(25-16)28-5-4-18(21,22)9-28)26-29(27-14)8-10-6-11(19)7-23-13(10)20/h6-7H,4-5,8-9H2,1-3H3. The summed E-state index contributed by atoms with van der Waals surface area (Å²) in [7, 11) is 0. The third kappa shape index (κ3) is 4.11. The number of aromatic nitrogens is 6. The summed E-state index contributed by atoms with van der Waals surface area (Å²) < 4.78 is 27.7. The van der Waals surface area contributed by atoms with Gasteiger partial charge in [-0.3, -0.25) is 0 Å². The number of fused-ring (bicyclic) bond motifs is 1. The monoisotopic (exact) mass is 441 g/mol. The van der Waals surface area contributed by atoms with E-state index in [2.05, 4.69) is 25.1 Å². The third-order valence-electron chi connectivity index (χ3n) is 4.60. The first-order valence-electron chi connectivity index (χ1n) is 9.08. The second kappa shape index (κ2) is 6.98. The van der Waals surface area contributed by atoms with Crippen LogP contribution in [0.5, 0.6) is 0 Å². The molecule has 0 amide bonds. The molecule has 29 heavy (non-hydrogen) atoms. The largest absolute Gasteiger partial charge is 0.348 e. The number of halogens is 4. The normalized spacial score (nSPS) is 16.7. The summed E-state index contributed by atoms with van der Waals surface area (Å²) in [6.07, 6.45) is 1.23. The molecule has 0 aliphatic carbocycles. The van der Waals surface area contributed by atoms with Crippen LogP contribution in [-0.2, 0) is 12.0 Å². The Balaban J connectivity index is 1.80. The summed E-state index contributed by atoms with van der Waals surface area (Å²) in [6, 6.07) is 1.68. The minimum atomic E-state index is -2.75. The fraction of sp³-hybridized carbons (Fsp3) is 0.500. The van der Waals surface area contributed by atoms with Crippen molar-refractivity contribution in [3.05, 3.63) is 33.8 Å². The molecule has 1 saturated heterocycles. The van der Waals surface area contributed by atoms with Gasteiger partial charge < -0.3 is 4.90 Å². The van der Waals surface area contributed by atoms with Crippen molar-refractivity contribution < 1.29 is 8.78 Å². The van der Waals surface area contributed by atoms with Crippen molar-refractivity contribution >= 4 is 40.2 Å². The van der Waals surface area contributed by atoms with Crippen LogP contribution >= 0.6 is 23.2 Å².